The molecule has 0 aliphatic carbocycles. The molecule has 0 unspecified atom stereocenters. The first-order chi connectivity index (χ1) is 11.0. The van der Waals surface area contributed by atoms with Gasteiger partial charge in [0.25, 0.3) is 0 Å². The molecule has 4 nitrogen and oxygen atoms in total. The average Bonchev–Trinajstić information content (AvgIpc) is 2.93. The number of fused-ring (bicyclic) bond motifs is 1. The number of carbonyl (C=O) groups is 2. The van der Waals surface area contributed by atoms with Crippen LogP contribution < -0.4 is 10.2 Å². The van der Waals surface area contributed by atoms with Crippen molar-refractivity contribution in [2.24, 2.45) is 0 Å². The predicted octanol–water partition coefficient (Wildman–Crippen LogP) is 3.09. The molecule has 1 aliphatic rings. The van der Waals surface area contributed by atoms with Crippen molar-refractivity contribution in [3.8, 4) is 0 Å². The molecule has 0 saturated heterocycles. The number of carbonyl (C=O) groups excluding carboxylic acids is 2. The number of hydrogen-bond acceptors (Lipinski definition) is 2. The zero-order valence-electron chi connectivity index (χ0n) is 13.4. The average molecular weight is 308 g/mol. The first kappa shape index (κ1) is 15.3. The van der Waals surface area contributed by atoms with E-state index in [9.17, 15) is 9.59 Å². The van der Waals surface area contributed by atoms with Crippen LogP contribution in [0.1, 0.15) is 23.6 Å². The third-order valence-corrected chi connectivity index (χ3v) is 4.12. The van der Waals surface area contributed by atoms with Crippen LogP contribution >= 0.6 is 0 Å². The van der Waals surface area contributed by atoms with Crippen LogP contribution in [-0.2, 0) is 22.4 Å². The summed E-state index contributed by atoms with van der Waals surface area (Å²) in [4.78, 5) is 25.5. The van der Waals surface area contributed by atoms with Gasteiger partial charge in [0, 0.05) is 24.8 Å². The summed E-state index contributed by atoms with van der Waals surface area (Å²) in [5.41, 5.74) is 5.02. The number of nitrogens with one attached hydrogen (secondary N) is 1. The van der Waals surface area contributed by atoms with Crippen molar-refractivity contribution in [2.75, 3.05) is 16.8 Å². The Morgan fingerprint density at radius 1 is 1.13 bits per heavy atom. The van der Waals surface area contributed by atoms with E-state index in [2.05, 4.69) is 5.32 Å². The van der Waals surface area contributed by atoms with Gasteiger partial charge in [-0.3, -0.25) is 9.59 Å². The number of nitrogens with zero attached hydrogens (tertiary/aromatic N) is 1. The molecule has 0 atom stereocenters. The summed E-state index contributed by atoms with van der Waals surface area (Å²) in [5.74, 6) is 0.0233. The number of aryl methyl sites for hydroxylation is 1. The van der Waals surface area contributed by atoms with E-state index in [1.165, 1.54) is 5.56 Å². The lowest BCUT2D eigenvalue weighted by Crippen LogP contribution is -2.25. The summed E-state index contributed by atoms with van der Waals surface area (Å²) in [7, 11) is 0. The van der Waals surface area contributed by atoms with E-state index >= 15 is 0 Å². The molecular formula is C19H20N2O2. The molecule has 1 aliphatic heterocycles. The molecule has 2 aromatic rings. The summed E-state index contributed by atoms with van der Waals surface area (Å²) < 4.78 is 0. The van der Waals surface area contributed by atoms with Gasteiger partial charge in [-0.25, -0.2) is 0 Å². The van der Waals surface area contributed by atoms with Crippen LogP contribution in [0.2, 0.25) is 0 Å². The Bertz CT molecular complexity index is 750. The maximum atomic E-state index is 12.2. The molecule has 118 valence electrons. The van der Waals surface area contributed by atoms with E-state index in [1.54, 1.807) is 11.8 Å². The van der Waals surface area contributed by atoms with Crippen molar-refractivity contribution < 1.29 is 9.59 Å². The highest BCUT2D eigenvalue weighted by molar-refractivity contribution is 5.96. The summed E-state index contributed by atoms with van der Waals surface area (Å²) >= 11 is 0. The molecule has 0 bridgehead atoms. The van der Waals surface area contributed by atoms with Gasteiger partial charge in [-0.05, 0) is 42.7 Å². The maximum Gasteiger partial charge on any atom is 0.228 e. The van der Waals surface area contributed by atoms with Gasteiger partial charge in [0.05, 0.1) is 6.42 Å². The predicted molar refractivity (Wildman–Crippen MR) is 91.7 cm³/mol. The van der Waals surface area contributed by atoms with Gasteiger partial charge >= 0.3 is 0 Å². The highest BCUT2D eigenvalue weighted by atomic mass is 16.2. The lowest BCUT2D eigenvalue weighted by molar-refractivity contribution is -0.117. The summed E-state index contributed by atoms with van der Waals surface area (Å²) in [6, 6.07) is 13.7. The number of benzene rings is 2. The number of hydrogen-bond donors (Lipinski definition) is 1. The molecular weight excluding hydrogens is 288 g/mol. The van der Waals surface area contributed by atoms with E-state index in [-0.39, 0.29) is 11.8 Å². The van der Waals surface area contributed by atoms with Crippen molar-refractivity contribution in [2.45, 2.75) is 26.7 Å². The Balaban J connectivity index is 1.68. The molecule has 1 N–H and O–H groups in total. The second kappa shape index (κ2) is 6.24. The zero-order chi connectivity index (χ0) is 16.4. The SMILES string of the molecule is CC(=O)N1CCc2cc(NC(=O)Cc3ccc(C)cc3)ccc21. The van der Waals surface area contributed by atoms with Crippen LogP contribution in [-0.4, -0.2) is 18.4 Å². The highest BCUT2D eigenvalue weighted by Gasteiger charge is 2.22. The molecule has 0 radical (unpaired) electrons. The standard InChI is InChI=1S/C19H20N2O2/c1-13-3-5-15(6-4-13)11-19(23)20-17-7-8-18-16(12-17)9-10-21(18)14(2)22/h3-8,12H,9-11H2,1-2H3,(H,20,23). The fourth-order valence-electron chi connectivity index (χ4n) is 2.90. The molecule has 1 heterocycles. The third-order valence-electron chi connectivity index (χ3n) is 4.12. The van der Waals surface area contributed by atoms with Crippen LogP contribution in [0.4, 0.5) is 11.4 Å². The van der Waals surface area contributed by atoms with Crippen LogP contribution in [0.5, 0.6) is 0 Å². The molecule has 0 spiro atoms. The summed E-state index contributed by atoms with van der Waals surface area (Å²) in [6.45, 7) is 4.32. The second-order valence-corrected chi connectivity index (χ2v) is 5.97. The third kappa shape index (κ3) is 3.42. The van der Waals surface area contributed by atoms with E-state index in [0.29, 0.717) is 13.0 Å². The Morgan fingerprint density at radius 2 is 1.87 bits per heavy atom. The zero-order valence-corrected chi connectivity index (χ0v) is 13.4. The molecule has 4 heteroatoms. The van der Waals surface area contributed by atoms with Gasteiger partial charge in [0.1, 0.15) is 0 Å². The first-order valence-corrected chi connectivity index (χ1v) is 7.79. The summed E-state index contributed by atoms with van der Waals surface area (Å²) in [6.07, 6.45) is 1.19. The number of amides is 2. The van der Waals surface area contributed by atoms with Crippen LogP contribution in [0.25, 0.3) is 0 Å². The molecule has 23 heavy (non-hydrogen) atoms. The van der Waals surface area contributed by atoms with Crippen LogP contribution in [0, 0.1) is 6.92 Å². The lowest BCUT2D eigenvalue weighted by Gasteiger charge is -2.15. The normalized spacial score (nSPS) is 12.9. The molecule has 0 fully saturated rings. The van der Waals surface area contributed by atoms with E-state index in [4.69, 9.17) is 0 Å². The Hall–Kier alpha value is -2.62. The Labute approximate surface area is 136 Å². The topological polar surface area (TPSA) is 49.4 Å². The second-order valence-electron chi connectivity index (χ2n) is 5.97. The van der Waals surface area contributed by atoms with Gasteiger partial charge in [0.15, 0.2) is 0 Å². The van der Waals surface area contributed by atoms with Gasteiger partial charge in [-0.2, -0.15) is 0 Å². The van der Waals surface area contributed by atoms with Gasteiger partial charge in [-0.15, -0.1) is 0 Å². The molecule has 3 rings (SSSR count). The maximum absolute atomic E-state index is 12.2. The van der Waals surface area contributed by atoms with Gasteiger partial charge < -0.3 is 10.2 Å². The Kier molecular flexibility index (Phi) is 4.15. The number of anilines is 2. The molecule has 0 saturated carbocycles. The fourth-order valence-corrected chi connectivity index (χ4v) is 2.90. The molecule has 2 aromatic carbocycles. The quantitative estimate of drug-likeness (QED) is 0.947. The summed E-state index contributed by atoms with van der Waals surface area (Å²) in [5, 5.41) is 2.94. The largest absolute Gasteiger partial charge is 0.326 e. The molecule has 2 amide bonds. The van der Waals surface area contributed by atoms with E-state index < -0.39 is 0 Å². The molecule has 0 aromatic heterocycles. The van der Waals surface area contributed by atoms with Crippen LogP contribution in [0.15, 0.2) is 42.5 Å². The minimum absolute atomic E-state index is 0.0322. The van der Waals surface area contributed by atoms with Crippen molar-refractivity contribution >= 4 is 23.2 Å². The van der Waals surface area contributed by atoms with Crippen molar-refractivity contribution in [1.82, 2.24) is 0 Å². The monoisotopic (exact) mass is 308 g/mol. The minimum Gasteiger partial charge on any atom is -0.326 e. The first-order valence-electron chi connectivity index (χ1n) is 7.79. The van der Waals surface area contributed by atoms with E-state index in [1.807, 2.05) is 49.4 Å². The smallest absolute Gasteiger partial charge is 0.228 e. The van der Waals surface area contributed by atoms with E-state index in [0.717, 1.165) is 28.9 Å². The van der Waals surface area contributed by atoms with Crippen molar-refractivity contribution in [3.05, 3.63) is 59.2 Å². The number of rotatable bonds is 3. The fraction of sp³-hybridized carbons (Fsp3) is 0.263. The van der Waals surface area contributed by atoms with Gasteiger partial charge in [-0.1, -0.05) is 29.8 Å². The van der Waals surface area contributed by atoms with Crippen LogP contribution in [0.3, 0.4) is 0 Å². The highest BCUT2D eigenvalue weighted by Crippen LogP contribution is 2.30. The van der Waals surface area contributed by atoms with Crippen molar-refractivity contribution in [1.29, 1.82) is 0 Å². The van der Waals surface area contributed by atoms with Crippen molar-refractivity contribution in [3.63, 3.8) is 0 Å². The minimum atomic E-state index is -0.0322. The Morgan fingerprint density at radius 3 is 2.57 bits per heavy atom. The van der Waals surface area contributed by atoms with Gasteiger partial charge in [0.2, 0.25) is 11.8 Å². The lowest BCUT2D eigenvalue weighted by atomic mass is 10.1.